The molecule has 0 spiro atoms. The third-order valence-electron chi connectivity index (χ3n) is 2.63. The molecule has 0 fully saturated rings. The van der Waals surface area contributed by atoms with Crippen LogP contribution in [0.2, 0.25) is 0 Å². The SMILES string of the molecule is Cc1ccc(NN=Cc2cccc(C(N)=S)c2)cc1. The van der Waals surface area contributed by atoms with E-state index in [2.05, 4.69) is 10.5 Å². The number of hydrazone groups is 1. The molecular formula is C15H15N3S. The number of nitrogens with zero attached hydrogens (tertiary/aromatic N) is 1. The van der Waals surface area contributed by atoms with Crippen LogP contribution in [0.4, 0.5) is 5.69 Å². The van der Waals surface area contributed by atoms with Gasteiger partial charge in [-0.2, -0.15) is 5.10 Å². The van der Waals surface area contributed by atoms with Crippen LogP contribution in [-0.4, -0.2) is 11.2 Å². The van der Waals surface area contributed by atoms with E-state index in [1.165, 1.54) is 5.56 Å². The number of thiocarbonyl (C=S) groups is 1. The summed E-state index contributed by atoms with van der Waals surface area (Å²) in [6, 6.07) is 15.7. The maximum atomic E-state index is 5.59. The first-order valence-electron chi connectivity index (χ1n) is 5.91. The highest BCUT2D eigenvalue weighted by Gasteiger charge is 1.96. The minimum atomic E-state index is 0.391. The van der Waals surface area contributed by atoms with Gasteiger partial charge in [-0.15, -0.1) is 0 Å². The number of nitrogens with one attached hydrogen (secondary N) is 1. The van der Waals surface area contributed by atoms with Gasteiger partial charge in [0.2, 0.25) is 0 Å². The average Bonchev–Trinajstić information content (AvgIpc) is 2.41. The standard InChI is InChI=1S/C15H15N3S/c1-11-5-7-14(8-6-11)18-17-10-12-3-2-4-13(9-12)15(16)19/h2-10,18H,1H3,(H2,16,19). The van der Waals surface area contributed by atoms with Crippen LogP contribution in [0.3, 0.4) is 0 Å². The topological polar surface area (TPSA) is 50.4 Å². The van der Waals surface area contributed by atoms with Crippen LogP contribution >= 0.6 is 12.2 Å². The maximum absolute atomic E-state index is 5.59. The summed E-state index contributed by atoms with van der Waals surface area (Å²) >= 11 is 4.94. The van der Waals surface area contributed by atoms with Crippen LogP contribution in [0.5, 0.6) is 0 Å². The summed E-state index contributed by atoms with van der Waals surface area (Å²) in [6.45, 7) is 2.05. The highest BCUT2D eigenvalue weighted by atomic mass is 32.1. The van der Waals surface area contributed by atoms with E-state index in [1.807, 2.05) is 55.5 Å². The van der Waals surface area contributed by atoms with Gasteiger partial charge in [-0.05, 0) is 30.7 Å². The molecule has 0 aliphatic rings. The van der Waals surface area contributed by atoms with Gasteiger partial charge in [-0.25, -0.2) is 0 Å². The molecule has 96 valence electrons. The van der Waals surface area contributed by atoms with Crippen molar-refractivity contribution in [2.24, 2.45) is 10.8 Å². The molecule has 0 aliphatic carbocycles. The van der Waals surface area contributed by atoms with Crippen molar-refractivity contribution in [1.82, 2.24) is 0 Å². The van der Waals surface area contributed by atoms with Crippen LogP contribution in [-0.2, 0) is 0 Å². The molecule has 0 radical (unpaired) electrons. The number of hydrogen-bond acceptors (Lipinski definition) is 3. The fraction of sp³-hybridized carbons (Fsp3) is 0.0667. The van der Waals surface area contributed by atoms with Crippen molar-refractivity contribution < 1.29 is 0 Å². The lowest BCUT2D eigenvalue weighted by molar-refractivity contribution is 1.34. The Bertz CT molecular complexity index is 603. The molecule has 3 N–H and O–H groups in total. The van der Waals surface area contributed by atoms with Gasteiger partial charge in [-0.1, -0.05) is 48.1 Å². The Labute approximate surface area is 118 Å². The summed E-state index contributed by atoms with van der Waals surface area (Å²) in [4.78, 5) is 0.391. The van der Waals surface area contributed by atoms with Crippen molar-refractivity contribution in [3.63, 3.8) is 0 Å². The number of anilines is 1. The zero-order valence-corrected chi connectivity index (χ0v) is 11.4. The monoisotopic (exact) mass is 269 g/mol. The van der Waals surface area contributed by atoms with Crippen molar-refractivity contribution in [1.29, 1.82) is 0 Å². The summed E-state index contributed by atoms with van der Waals surface area (Å²) in [7, 11) is 0. The smallest absolute Gasteiger partial charge is 0.104 e. The first-order chi connectivity index (χ1) is 9.15. The Morgan fingerprint density at radius 3 is 2.63 bits per heavy atom. The quantitative estimate of drug-likeness (QED) is 0.509. The van der Waals surface area contributed by atoms with Crippen LogP contribution in [0.25, 0.3) is 0 Å². The summed E-state index contributed by atoms with van der Waals surface area (Å²) in [5, 5.41) is 4.18. The fourth-order valence-corrected chi connectivity index (χ4v) is 1.71. The molecule has 0 atom stereocenters. The van der Waals surface area contributed by atoms with E-state index in [-0.39, 0.29) is 0 Å². The molecule has 19 heavy (non-hydrogen) atoms. The van der Waals surface area contributed by atoms with Crippen LogP contribution in [0, 0.1) is 6.92 Å². The lowest BCUT2D eigenvalue weighted by Gasteiger charge is -2.01. The first-order valence-corrected chi connectivity index (χ1v) is 6.31. The van der Waals surface area contributed by atoms with E-state index in [4.69, 9.17) is 18.0 Å². The van der Waals surface area contributed by atoms with Gasteiger partial charge in [0, 0.05) is 5.56 Å². The van der Waals surface area contributed by atoms with Gasteiger partial charge in [0.05, 0.1) is 11.9 Å². The summed E-state index contributed by atoms with van der Waals surface area (Å²) in [5.74, 6) is 0. The van der Waals surface area contributed by atoms with Gasteiger partial charge in [0.1, 0.15) is 4.99 Å². The predicted octanol–water partition coefficient (Wildman–Crippen LogP) is 3.08. The van der Waals surface area contributed by atoms with E-state index >= 15 is 0 Å². The van der Waals surface area contributed by atoms with Crippen molar-refractivity contribution in [2.45, 2.75) is 6.92 Å². The van der Waals surface area contributed by atoms with E-state index in [0.29, 0.717) is 4.99 Å². The van der Waals surface area contributed by atoms with Gasteiger partial charge in [0.25, 0.3) is 0 Å². The zero-order valence-electron chi connectivity index (χ0n) is 10.6. The molecule has 0 bridgehead atoms. The Morgan fingerprint density at radius 1 is 1.21 bits per heavy atom. The largest absolute Gasteiger partial charge is 0.389 e. The Kier molecular flexibility index (Phi) is 4.26. The van der Waals surface area contributed by atoms with Crippen molar-refractivity contribution in [2.75, 3.05) is 5.43 Å². The van der Waals surface area contributed by atoms with Gasteiger partial charge in [-0.3, -0.25) is 5.43 Å². The van der Waals surface area contributed by atoms with Crippen molar-refractivity contribution in [3.8, 4) is 0 Å². The number of nitrogens with two attached hydrogens (primary N) is 1. The van der Waals surface area contributed by atoms with Crippen molar-refractivity contribution in [3.05, 3.63) is 65.2 Å². The predicted molar refractivity (Wildman–Crippen MR) is 84.7 cm³/mol. The second-order valence-corrected chi connectivity index (χ2v) is 4.67. The second kappa shape index (κ2) is 6.11. The van der Waals surface area contributed by atoms with Crippen LogP contribution < -0.4 is 11.2 Å². The molecule has 0 saturated carbocycles. The molecule has 0 aromatic heterocycles. The summed E-state index contributed by atoms with van der Waals surface area (Å²) < 4.78 is 0. The zero-order chi connectivity index (χ0) is 13.7. The molecule has 0 unspecified atom stereocenters. The normalized spacial score (nSPS) is 10.6. The minimum absolute atomic E-state index is 0.391. The molecule has 2 rings (SSSR count). The van der Waals surface area contributed by atoms with E-state index in [0.717, 1.165) is 16.8 Å². The molecule has 0 amide bonds. The minimum Gasteiger partial charge on any atom is -0.389 e. The van der Waals surface area contributed by atoms with E-state index < -0.39 is 0 Å². The number of hydrogen-bond donors (Lipinski definition) is 2. The van der Waals surface area contributed by atoms with Crippen molar-refractivity contribution >= 4 is 29.1 Å². The van der Waals surface area contributed by atoms with E-state index in [9.17, 15) is 0 Å². The molecule has 2 aromatic carbocycles. The summed E-state index contributed by atoms with van der Waals surface area (Å²) in [5.41, 5.74) is 12.5. The highest BCUT2D eigenvalue weighted by Crippen LogP contribution is 2.08. The van der Waals surface area contributed by atoms with Gasteiger partial charge in [0.15, 0.2) is 0 Å². The first kappa shape index (κ1) is 13.2. The molecule has 0 saturated heterocycles. The van der Waals surface area contributed by atoms with E-state index in [1.54, 1.807) is 6.21 Å². The summed E-state index contributed by atoms with van der Waals surface area (Å²) in [6.07, 6.45) is 1.74. The third-order valence-corrected chi connectivity index (χ3v) is 2.87. The molecular weight excluding hydrogens is 254 g/mol. The second-order valence-electron chi connectivity index (χ2n) is 4.23. The van der Waals surface area contributed by atoms with Gasteiger partial charge < -0.3 is 5.73 Å². The number of rotatable bonds is 4. The Morgan fingerprint density at radius 2 is 1.95 bits per heavy atom. The molecule has 0 aliphatic heterocycles. The maximum Gasteiger partial charge on any atom is 0.104 e. The Hall–Kier alpha value is -2.20. The highest BCUT2D eigenvalue weighted by molar-refractivity contribution is 7.80. The third kappa shape index (κ3) is 3.89. The molecule has 0 heterocycles. The Balaban J connectivity index is 2.04. The lowest BCUT2D eigenvalue weighted by Crippen LogP contribution is -2.09. The number of benzene rings is 2. The molecule has 2 aromatic rings. The van der Waals surface area contributed by atoms with Crippen LogP contribution in [0.1, 0.15) is 16.7 Å². The average molecular weight is 269 g/mol. The molecule has 3 nitrogen and oxygen atoms in total. The van der Waals surface area contributed by atoms with Crippen LogP contribution in [0.15, 0.2) is 53.6 Å². The number of aryl methyl sites for hydroxylation is 1. The molecule has 4 heteroatoms. The fourth-order valence-electron chi connectivity index (χ4n) is 1.58. The lowest BCUT2D eigenvalue weighted by atomic mass is 10.1. The van der Waals surface area contributed by atoms with Gasteiger partial charge >= 0.3 is 0 Å².